The van der Waals surface area contributed by atoms with E-state index in [1.54, 1.807) is 0 Å². The monoisotopic (exact) mass is 187 g/mol. The third-order valence-corrected chi connectivity index (χ3v) is 2.47. The summed E-state index contributed by atoms with van der Waals surface area (Å²) in [6, 6.07) is 14.3. The van der Waals surface area contributed by atoms with E-state index in [-0.39, 0.29) is 6.04 Å². The van der Waals surface area contributed by atoms with Crippen molar-refractivity contribution >= 4 is 10.8 Å². The standard InChI is InChI=1S/C12H13NO/c1-9(13-14)11-7-6-10-4-2-3-5-12(10)8-11/h2-9,13-14H,1H3/t9-/m1/s1. The van der Waals surface area contributed by atoms with Gasteiger partial charge in [-0.1, -0.05) is 36.4 Å². The van der Waals surface area contributed by atoms with E-state index in [2.05, 4.69) is 29.7 Å². The zero-order chi connectivity index (χ0) is 9.97. The number of hydroxylamine groups is 1. The van der Waals surface area contributed by atoms with Crippen LogP contribution in [-0.4, -0.2) is 5.21 Å². The quantitative estimate of drug-likeness (QED) is 0.708. The minimum absolute atomic E-state index is 0.0281. The lowest BCUT2D eigenvalue weighted by Crippen LogP contribution is -2.12. The topological polar surface area (TPSA) is 32.3 Å². The molecular formula is C12H13NO. The molecule has 72 valence electrons. The molecule has 2 N–H and O–H groups in total. The van der Waals surface area contributed by atoms with Crippen LogP contribution < -0.4 is 5.48 Å². The van der Waals surface area contributed by atoms with E-state index < -0.39 is 0 Å². The number of nitrogens with one attached hydrogen (secondary N) is 1. The Morgan fingerprint density at radius 2 is 1.79 bits per heavy atom. The molecule has 0 unspecified atom stereocenters. The zero-order valence-corrected chi connectivity index (χ0v) is 8.07. The predicted octanol–water partition coefficient (Wildman–Crippen LogP) is 2.88. The van der Waals surface area contributed by atoms with Crippen LogP contribution in [0.15, 0.2) is 42.5 Å². The second-order valence-corrected chi connectivity index (χ2v) is 3.46. The summed E-state index contributed by atoms with van der Waals surface area (Å²) in [5.41, 5.74) is 3.33. The van der Waals surface area contributed by atoms with Gasteiger partial charge in [-0.05, 0) is 29.3 Å². The average Bonchev–Trinajstić information content (AvgIpc) is 2.27. The second-order valence-electron chi connectivity index (χ2n) is 3.46. The molecule has 0 spiro atoms. The van der Waals surface area contributed by atoms with E-state index in [0.717, 1.165) is 5.56 Å². The maximum absolute atomic E-state index is 8.81. The average molecular weight is 187 g/mol. The molecular weight excluding hydrogens is 174 g/mol. The Kier molecular flexibility index (Phi) is 2.48. The number of rotatable bonds is 2. The van der Waals surface area contributed by atoms with Crippen LogP contribution in [0, 0.1) is 0 Å². The summed E-state index contributed by atoms with van der Waals surface area (Å²) in [4.78, 5) is 0. The first-order valence-electron chi connectivity index (χ1n) is 4.69. The molecule has 0 fully saturated rings. The fourth-order valence-electron chi connectivity index (χ4n) is 1.55. The van der Waals surface area contributed by atoms with Crippen LogP contribution >= 0.6 is 0 Å². The van der Waals surface area contributed by atoms with E-state index in [1.807, 2.05) is 25.1 Å². The molecule has 0 bridgehead atoms. The molecule has 2 aromatic rings. The molecule has 2 nitrogen and oxygen atoms in total. The number of hydrogen-bond donors (Lipinski definition) is 2. The summed E-state index contributed by atoms with van der Waals surface area (Å²) < 4.78 is 0. The minimum Gasteiger partial charge on any atom is -0.316 e. The van der Waals surface area contributed by atoms with Crippen molar-refractivity contribution in [1.29, 1.82) is 0 Å². The van der Waals surface area contributed by atoms with Gasteiger partial charge in [0.1, 0.15) is 0 Å². The molecule has 1 atom stereocenters. The van der Waals surface area contributed by atoms with Gasteiger partial charge in [0.2, 0.25) is 0 Å². The molecule has 0 saturated heterocycles. The fourth-order valence-corrected chi connectivity index (χ4v) is 1.55. The lowest BCUT2D eigenvalue weighted by atomic mass is 10.0. The van der Waals surface area contributed by atoms with Gasteiger partial charge in [-0.25, -0.2) is 0 Å². The van der Waals surface area contributed by atoms with E-state index in [9.17, 15) is 0 Å². The SMILES string of the molecule is C[C@@H](NO)c1ccc2ccccc2c1. The van der Waals surface area contributed by atoms with Crippen LogP contribution in [0.25, 0.3) is 10.8 Å². The Bertz CT molecular complexity index is 439. The van der Waals surface area contributed by atoms with Crippen LogP contribution in [0.3, 0.4) is 0 Å². The molecule has 0 aliphatic carbocycles. The summed E-state index contributed by atoms with van der Waals surface area (Å²) in [5.74, 6) is 0. The van der Waals surface area contributed by atoms with E-state index in [4.69, 9.17) is 5.21 Å². The van der Waals surface area contributed by atoms with Crippen LogP contribution in [0.5, 0.6) is 0 Å². The van der Waals surface area contributed by atoms with Crippen molar-refractivity contribution in [1.82, 2.24) is 5.48 Å². The summed E-state index contributed by atoms with van der Waals surface area (Å²) in [6.45, 7) is 1.92. The van der Waals surface area contributed by atoms with Gasteiger partial charge < -0.3 is 5.21 Å². The van der Waals surface area contributed by atoms with Gasteiger partial charge in [0.05, 0.1) is 6.04 Å². The van der Waals surface area contributed by atoms with Gasteiger partial charge >= 0.3 is 0 Å². The highest BCUT2D eigenvalue weighted by Gasteiger charge is 2.03. The normalized spacial score (nSPS) is 13.0. The minimum atomic E-state index is -0.0281. The molecule has 0 aliphatic heterocycles. The van der Waals surface area contributed by atoms with Gasteiger partial charge in [-0.15, -0.1) is 0 Å². The maximum atomic E-state index is 8.81. The molecule has 0 aromatic heterocycles. The largest absolute Gasteiger partial charge is 0.316 e. The zero-order valence-electron chi connectivity index (χ0n) is 8.07. The Labute approximate surface area is 83.1 Å². The highest BCUT2D eigenvalue weighted by molar-refractivity contribution is 5.83. The van der Waals surface area contributed by atoms with E-state index >= 15 is 0 Å². The molecule has 2 rings (SSSR count). The number of fused-ring (bicyclic) bond motifs is 1. The van der Waals surface area contributed by atoms with Crippen LogP contribution in [0.4, 0.5) is 0 Å². The first-order valence-corrected chi connectivity index (χ1v) is 4.69. The van der Waals surface area contributed by atoms with Crippen LogP contribution in [-0.2, 0) is 0 Å². The third kappa shape index (κ3) is 1.62. The lowest BCUT2D eigenvalue weighted by molar-refractivity contribution is 0.133. The Morgan fingerprint density at radius 1 is 1.07 bits per heavy atom. The smallest absolute Gasteiger partial charge is 0.0540 e. The Hall–Kier alpha value is -1.38. The van der Waals surface area contributed by atoms with Gasteiger partial charge in [0.15, 0.2) is 0 Å². The maximum Gasteiger partial charge on any atom is 0.0540 e. The van der Waals surface area contributed by atoms with Crippen molar-refractivity contribution in [3.05, 3.63) is 48.0 Å². The van der Waals surface area contributed by atoms with E-state index in [0.29, 0.717) is 0 Å². The van der Waals surface area contributed by atoms with Gasteiger partial charge in [0.25, 0.3) is 0 Å². The molecule has 0 heterocycles. The number of hydrogen-bond acceptors (Lipinski definition) is 2. The third-order valence-electron chi connectivity index (χ3n) is 2.47. The fraction of sp³-hybridized carbons (Fsp3) is 0.167. The van der Waals surface area contributed by atoms with Crippen molar-refractivity contribution in [3.63, 3.8) is 0 Å². The van der Waals surface area contributed by atoms with Gasteiger partial charge in [-0.3, -0.25) is 0 Å². The first-order chi connectivity index (χ1) is 6.81. The van der Waals surface area contributed by atoms with Crippen LogP contribution in [0.1, 0.15) is 18.5 Å². The summed E-state index contributed by atoms with van der Waals surface area (Å²) >= 11 is 0. The van der Waals surface area contributed by atoms with Crippen molar-refractivity contribution in [3.8, 4) is 0 Å². The Morgan fingerprint density at radius 3 is 2.50 bits per heavy atom. The number of benzene rings is 2. The lowest BCUT2D eigenvalue weighted by Gasteiger charge is -2.09. The second kappa shape index (κ2) is 3.78. The molecule has 2 aromatic carbocycles. The molecule has 0 saturated carbocycles. The highest BCUT2D eigenvalue weighted by Crippen LogP contribution is 2.19. The summed E-state index contributed by atoms with van der Waals surface area (Å²) in [6.07, 6.45) is 0. The molecule has 14 heavy (non-hydrogen) atoms. The first kappa shape index (κ1) is 9.19. The molecule has 0 amide bonds. The summed E-state index contributed by atoms with van der Waals surface area (Å²) in [5, 5.41) is 11.2. The summed E-state index contributed by atoms with van der Waals surface area (Å²) in [7, 11) is 0. The van der Waals surface area contributed by atoms with Crippen molar-refractivity contribution in [2.75, 3.05) is 0 Å². The predicted molar refractivity (Wildman–Crippen MR) is 57.3 cm³/mol. The van der Waals surface area contributed by atoms with Crippen molar-refractivity contribution < 1.29 is 5.21 Å². The van der Waals surface area contributed by atoms with Crippen LogP contribution in [0.2, 0.25) is 0 Å². The van der Waals surface area contributed by atoms with Crippen molar-refractivity contribution in [2.24, 2.45) is 0 Å². The van der Waals surface area contributed by atoms with Gasteiger partial charge in [0, 0.05) is 0 Å². The molecule has 0 radical (unpaired) electrons. The molecule has 2 heteroatoms. The highest BCUT2D eigenvalue weighted by atomic mass is 16.5. The van der Waals surface area contributed by atoms with Crippen molar-refractivity contribution in [2.45, 2.75) is 13.0 Å². The van der Waals surface area contributed by atoms with E-state index in [1.165, 1.54) is 10.8 Å². The van der Waals surface area contributed by atoms with Gasteiger partial charge in [-0.2, -0.15) is 5.48 Å². The Balaban J connectivity index is 2.51. The molecule has 0 aliphatic rings.